The maximum atomic E-state index is 14.7. The fraction of sp³-hybridized carbons (Fsp3) is 0.211. The second-order valence-electron chi connectivity index (χ2n) is 6.87. The van der Waals surface area contributed by atoms with Crippen LogP contribution in [0.25, 0.3) is 11.9 Å². The van der Waals surface area contributed by atoms with Gasteiger partial charge >= 0.3 is 0 Å². The topological polar surface area (TPSA) is 112 Å². The summed E-state index contributed by atoms with van der Waals surface area (Å²) < 4.78 is 54.8. The first-order valence-corrected chi connectivity index (χ1v) is 10.5. The molecule has 1 atom stereocenters. The number of pyridine rings is 1. The molecular weight excluding hydrogens is 436 g/mol. The Labute approximate surface area is 177 Å². The van der Waals surface area contributed by atoms with E-state index < -0.39 is 33.0 Å². The first kappa shape index (κ1) is 21.7. The zero-order valence-corrected chi connectivity index (χ0v) is 17.5. The van der Waals surface area contributed by atoms with E-state index >= 15 is 0 Å². The van der Waals surface area contributed by atoms with Crippen LogP contribution in [0.5, 0.6) is 0 Å². The molecule has 1 aliphatic rings. The van der Waals surface area contributed by atoms with Crippen molar-refractivity contribution >= 4 is 39.5 Å². The molecule has 0 saturated carbocycles. The summed E-state index contributed by atoms with van der Waals surface area (Å²) in [6.45, 7) is 1.44. The van der Waals surface area contributed by atoms with Crippen molar-refractivity contribution in [3.63, 3.8) is 0 Å². The SMILES string of the molecule is CN1C(N)=N[C@](C)(c2cc(/C=C(\F)c3ncc(C#N)cc3Cl)ccc2F)CS1(=O)=O. The Bertz CT molecular complexity index is 1240. The van der Waals surface area contributed by atoms with Crippen LogP contribution in [-0.4, -0.2) is 36.5 Å². The maximum Gasteiger partial charge on any atom is 0.239 e. The normalized spacial score (nSPS) is 21.1. The number of hydrogen-bond acceptors (Lipinski definition) is 6. The summed E-state index contributed by atoms with van der Waals surface area (Å²) >= 11 is 5.97. The molecule has 2 heterocycles. The average molecular weight is 452 g/mol. The van der Waals surface area contributed by atoms with E-state index in [1.54, 1.807) is 0 Å². The quantitative estimate of drug-likeness (QED) is 0.770. The predicted octanol–water partition coefficient (Wildman–Crippen LogP) is 3.02. The molecule has 7 nitrogen and oxygen atoms in total. The third kappa shape index (κ3) is 3.99. The Morgan fingerprint density at radius 1 is 1.43 bits per heavy atom. The lowest BCUT2D eigenvalue weighted by Crippen LogP contribution is -2.50. The maximum absolute atomic E-state index is 14.7. The van der Waals surface area contributed by atoms with Crippen molar-refractivity contribution < 1.29 is 17.2 Å². The van der Waals surface area contributed by atoms with Crippen molar-refractivity contribution in [1.82, 2.24) is 9.29 Å². The fourth-order valence-corrected chi connectivity index (χ4v) is 4.73. The van der Waals surface area contributed by atoms with Crippen LogP contribution in [0, 0.1) is 17.1 Å². The van der Waals surface area contributed by atoms with Crippen LogP contribution >= 0.6 is 11.6 Å². The van der Waals surface area contributed by atoms with Gasteiger partial charge in [0.2, 0.25) is 16.0 Å². The van der Waals surface area contributed by atoms with Gasteiger partial charge in [-0.3, -0.25) is 4.98 Å². The van der Waals surface area contributed by atoms with E-state index in [9.17, 15) is 17.2 Å². The molecule has 0 amide bonds. The van der Waals surface area contributed by atoms with Gasteiger partial charge in [-0.25, -0.2) is 26.5 Å². The molecule has 0 spiro atoms. The molecule has 3 rings (SSSR count). The van der Waals surface area contributed by atoms with Gasteiger partial charge in [0, 0.05) is 18.8 Å². The van der Waals surface area contributed by atoms with Crippen LogP contribution in [0.4, 0.5) is 8.78 Å². The summed E-state index contributed by atoms with van der Waals surface area (Å²) in [6.07, 6.45) is 2.25. The van der Waals surface area contributed by atoms with Gasteiger partial charge in [0.25, 0.3) is 0 Å². The number of rotatable bonds is 3. The van der Waals surface area contributed by atoms with Gasteiger partial charge in [0.05, 0.1) is 16.3 Å². The van der Waals surface area contributed by atoms with Gasteiger partial charge in [-0.05, 0) is 36.8 Å². The number of nitrogens with two attached hydrogens (primary N) is 1. The smallest absolute Gasteiger partial charge is 0.239 e. The largest absolute Gasteiger partial charge is 0.369 e. The zero-order valence-electron chi connectivity index (χ0n) is 15.9. The van der Waals surface area contributed by atoms with Gasteiger partial charge < -0.3 is 5.73 Å². The molecule has 0 aliphatic carbocycles. The van der Waals surface area contributed by atoms with Crippen LogP contribution < -0.4 is 5.73 Å². The van der Waals surface area contributed by atoms with E-state index in [-0.39, 0.29) is 33.4 Å². The summed E-state index contributed by atoms with van der Waals surface area (Å²) in [5.74, 6) is -2.30. The molecule has 0 unspecified atom stereocenters. The van der Waals surface area contributed by atoms with E-state index in [1.165, 1.54) is 38.4 Å². The molecule has 0 saturated heterocycles. The molecule has 1 aromatic heterocycles. The molecule has 2 N–H and O–H groups in total. The Balaban J connectivity index is 2.06. The number of benzene rings is 1. The van der Waals surface area contributed by atoms with Gasteiger partial charge in [0.15, 0.2) is 5.83 Å². The number of halogens is 3. The highest BCUT2D eigenvalue weighted by molar-refractivity contribution is 7.89. The predicted molar refractivity (Wildman–Crippen MR) is 110 cm³/mol. The first-order chi connectivity index (χ1) is 14.0. The fourth-order valence-electron chi connectivity index (χ4n) is 3.02. The Hall–Kier alpha value is -3.03. The molecule has 0 fully saturated rings. The van der Waals surface area contributed by atoms with E-state index in [0.29, 0.717) is 0 Å². The van der Waals surface area contributed by atoms with E-state index in [1.807, 2.05) is 6.07 Å². The summed E-state index contributed by atoms with van der Waals surface area (Å²) in [6, 6.07) is 6.82. The number of aromatic nitrogens is 1. The van der Waals surface area contributed by atoms with E-state index in [2.05, 4.69) is 9.98 Å². The molecule has 1 aromatic carbocycles. The highest BCUT2D eigenvalue weighted by Crippen LogP contribution is 2.35. The van der Waals surface area contributed by atoms with Gasteiger partial charge in [-0.15, -0.1) is 0 Å². The summed E-state index contributed by atoms with van der Waals surface area (Å²) in [7, 11) is -2.55. The van der Waals surface area contributed by atoms with Crippen molar-refractivity contribution in [2.75, 3.05) is 12.8 Å². The van der Waals surface area contributed by atoms with Crippen molar-refractivity contribution in [2.45, 2.75) is 12.5 Å². The van der Waals surface area contributed by atoms with E-state index in [0.717, 1.165) is 16.4 Å². The monoisotopic (exact) mass is 451 g/mol. The van der Waals surface area contributed by atoms with Crippen LogP contribution in [-0.2, 0) is 15.6 Å². The average Bonchev–Trinajstić information content (AvgIpc) is 2.66. The third-order valence-electron chi connectivity index (χ3n) is 4.63. The second-order valence-corrected chi connectivity index (χ2v) is 9.27. The Morgan fingerprint density at radius 2 is 2.13 bits per heavy atom. The lowest BCUT2D eigenvalue weighted by molar-refractivity contribution is 0.458. The minimum absolute atomic E-state index is 0.0532. The van der Waals surface area contributed by atoms with E-state index in [4.69, 9.17) is 22.6 Å². The molecule has 30 heavy (non-hydrogen) atoms. The lowest BCUT2D eigenvalue weighted by atomic mass is 9.92. The molecule has 156 valence electrons. The minimum Gasteiger partial charge on any atom is -0.369 e. The molecular formula is C19H16ClF2N5O2S. The highest BCUT2D eigenvalue weighted by Gasteiger charge is 2.41. The van der Waals surface area contributed by atoms with Crippen LogP contribution in [0.1, 0.15) is 29.3 Å². The molecule has 2 aromatic rings. The van der Waals surface area contributed by atoms with Gasteiger partial charge in [-0.1, -0.05) is 17.7 Å². The van der Waals surface area contributed by atoms with Crippen LogP contribution in [0.3, 0.4) is 0 Å². The zero-order chi connectivity index (χ0) is 22.3. The molecule has 1 aliphatic heterocycles. The standard InChI is InChI=1S/C19H16ClF2N5O2S/c1-19(10-30(28,29)27(2)18(24)26-19)13-5-11(3-4-15(13)21)7-16(22)17-14(20)6-12(8-23)9-25-17/h3-7,9H,10H2,1-2H3,(H2,24,26)/b16-7-/t19-/m0/s1. The number of aliphatic imine (C=N–C) groups is 1. The van der Waals surface area contributed by atoms with Crippen molar-refractivity contribution in [3.8, 4) is 6.07 Å². The summed E-state index contributed by atoms with van der Waals surface area (Å²) in [5.41, 5.74) is 4.38. The number of sulfonamides is 1. The van der Waals surface area contributed by atoms with Crippen molar-refractivity contribution in [1.29, 1.82) is 5.26 Å². The van der Waals surface area contributed by atoms with Crippen molar-refractivity contribution in [3.05, 3.63) is 63.7 Å². The number of guanidine groups is 1. The van der Waals surface area contributed by atoms with Crippen LogP contribution in [0.15, 0.2) is 35.5 Å². The van der Waals surface area contributed by atoms with Gasteiger partial charge in [-0.2, -0.15) is 5.26 Å². The summed E-state index contributed by atoms with van der Waals surface area (Å²) in [5, 5.41) is 8.79. The Morgan fingerprint density at radius 3 is 2.73 bits per heavy atom. The highest BCUT2D eigenvalue weighted by atomic mass is 35.5. The molecule has 11 heteroatoms. The third-order valence-corrected chi connectivity index (χ3v) is 6.86. The number of nitrogens with zero attached hydrogens (tertiary/aromatic N) is 4. The minimum atomic E-state index is -3.81. The first-order valence-electron chi connectivity index (χ1n) is 8.52. The number of hydrogen-bond donors (Lipinski definition) is 1. The molecule has 0 radical (unpaired) electrons. The Kier molecular flexibility index (Phi) is 5.54. The summed E-state index contributed by atoms with van der Waals surface area (Å²) in [4.78, 5) is 7.99. The van der Waals surface area contributed by atoms with Crippen molar-refractivity contribution in [2.24, 2.45) is 10.7 Å². The lowest BCUT2D eigenvalue weighted by Gasteiger charge is -2.34. The number of nitriles is 1. The van der Waals surface area contributed by atoms with Crippen LogP contribution in [0.2, 0.25) is 5.02 Å². The van der Waals surface area contributed by atoms with Gasteiger partial charge in [0.1, 0.15) is 23.1 Å². The second kappa shape index (κ2) is 7.66. The molecule has 0 bridgehead atoms.